The van der Waals surface area contributed by atoms with Gasteiger partial charge in [0.15, 0.2) is 23.0 Å². The van der Waals surface area contributed by atoms with Gasteiger partial charge in [0.2, 0.25) is 0 Å². The standard InChI is InChI=1S/C45H31NO2S/c1-45(2)35-18-9-6-16-31(35)33-26-40-41(27-36(33)45)48-44-38(20-12-21-39(44)47-40)46(29-13-4-3-5-14-29)37-19-10-7-15-30(37)28-23-24-43-34(25-28)32-17-8-11-22-42(32)49-43/h3-27H,1-2H3. The van der Waals surface area contributed by atoms with Crippen molar-refractivity contribution in [2.45, 2.75) is 19.3 Å². The normalized spacial score (nSPS) is 13.6. The third-order valence-electron chi connectivity index (χ3n) is 10.1. The minimum atomic E-state index is -0.145. The van der Waals surface area contributed by atoms with E-state index in [9.17, 15) is 0 Å². The number of rotatable bonds is 4. The van der Waals surface area contributed by atoms with Gasteiger partial charge in [0.25, 0.3) is 0 Å². The second-order valence-electron chi connectivity index (χ2n) is 13.3. The van der Waals surface area contributed by atoms with Crippen LogP contribution in [-0.4, -0.2) is 0 Å². The van der Waals surface area contributed by atoms with E-state index in [-0.39, 0.29) is 5.41 Å². The van der Waals surface area contributed by atoms with Gasteiger partial charge in [-0.05, 0) is 88.5 Å². The molecule has 0 atom stereocenters. The Bertz CT molecular complexity index is 2600. The van der Waals surface area contributed by atoms with E-state index in [1.807, 2.05) is 17.4 Å². The van der Waals surface area contributed by atoms with E-state index < -0.39 is 0 Å². The monoisotopic (exact) mass is 649 g/mol. The zero-order chi connectivity index (χ0) is 32.7. The molecule has 0 saturated heterocycles. The van der Waals surface area contributed by atoms with E-state index in [0.29, 0.717) is 11.5 Å². The highest BCUT2D eigenvalue weighted by molar-refractivity contribution is 7.25. The summed E-state index contributed by atoms with van der Waals surface area (Å²) >= 11 is 1.84. The van der Waals surface area contributed by atoms with E-state index in [1.54, 1.807) is 0 Å². The SMILES string of the molecule is CC1(C)c2ccccc2-c2cc3c(cc21)Oc1c(cccc1N(c1ccccc1)c1ccccc1-c1ccc2sc4ccccc4c2c1)O3. The second kappa shape index (κ2) is 10.6. The first-order valence-corrected chi connectivity index (χ1v) is 17.5. The molecular weight excluding hydrogens is 619 g/mol. The first kappa shape index (κ1) is 28.2. The van der Waals surface area contributed by atoms with Crippen LogP contribution in [0.3, 0.4) is 0 Å². The molecule has 2 heterocycles. The summed E-state index contributed by atoms with van der Waals surface area (Å²) in [5.74, 6) is 2.86. The molecule has 3 nitrogen and oxygen atoms in total. The second-order valence-corrected chi connectivity index (χ2v) is 14.4. The van der Waals surface area contributed by atoms with E-state index in [0.717, 1.165) is 39.7 Å². The van der Waals surface area contributed by atoms with Crippen LogP contribution in [0.25, 0.3) is 42.4 Å². The molecule has 2 aliphatic rings. The van der Waals surface area contributed by atoms with Crippen molar-refractivity contribution in [2.24, 2.45) is 0 Å². The highest BCUT2D eigenvalue weighted by Gasteiger charge is 2.38. The van der Waals surface area contributed by atoms with Crippen LogP contribution < -0.4 is 14.4 Å². The van der Waals surface area contributed by atoms with Gasteiger partial charge in [-0.2, -0.15) is 0 Å². The lowest BCUT2D eigenvalue weighted by Gasteiger charge is -2.32. The molecule has 0 radical (unpaired) electrons. The molecule has 234 valence electrons. The van der Waals surface area contributed by atoms with Crippen LogP contribution in [-0.2, 0) is 5.41 Å². The van der Waals surface area contributed by atoms with Crippen LogP contribution in [0, 0.1) is 0 Å². The summed E-state index contributed by atoms with van der Waals surface area (Å²) in [6.45, 7) is 4.58. The van der Waals surface area contributed by atoms with E-state index >= 15 is 0 Å². The molecule has 1 aromatic heterocycles. The Hall–Kier alpha value is -5.84. The van der Waals surface area contributed by atoms with Crippen molar-refractivity contribution in [2.75, 3.05) is 4.90 Å². The smallest absolute Gasteiger partial charge is 0.194 e. The van der Waals surface area contributed by atoms with Gasteiger partial charge in [0.1, 0.15) is 0 Å². The lowest BCUT2D eigenvalue weighted by atomic mass is 9.82. The highest BCUT2D eigenvalue weighted by Crippen LogP contribution is 2.57. The maximum Gasteiger partial charge on any atom is 0.194 e. The predicted molar refractivity (Wildman–Crippen MR) is 204 cm³/mol. The molecule has 0 N–H and O–H groups in total. The molecule has 0 bridgehead atoms. The molecule has 1 aliphatic carbocycles. The molecule has 0 amide bonds. The predicted octanol–water partition coefficient (Wildman–Crippen LogP) is 13.4. The van der Waals surface area contributed by atoms with Gasteiger partial charge < -0.3 is 14.4 Å². The molecule has 0 fully saturated rings. The van der Waals surface area contributed by atoms with Crippen molar-refractivity contribution < 1.29 is 9.47 Å². The summed E-state index contributed by atoms with van der Waals surface area (Å²) < 4.78 is 16.2. The number of anilines is 3. The molecule has 0 spiro atoms. The zero-order valence-electron chi connectivity index (χ0n) is 27.1. The fourth-order valence-electron chi connectivity index (χ4n) is 7.75. The van der Waals surface area contributed by atoms with Crippen LogP contribution in [0.4, 0.5) is 17.1 Å². The van der Waals surface area contributed by atoms with Gasteiger partial charge in [-0.1, -0.05) is 105 Å². The van der Waals surface area contributed by atoms with Gasteiger partial charge in [0, 0.05) is 36.8 Å². The van der Waals surface area contributed by atoms with Crippen molar-refractivity contribution >= 4 is 48.6 Å². The first-order valence-electron chi connectivity index (χ1n) is 16.7. The van der Waals surface area contributed by atoms with Gasteiger partial charge in [-0.25, -0.2) is 0 Å². The van der Waals surface area contributed by atoms with Crippen LogP contribution in [0.5, 0.6) is 23.0 Å². The van der Waals surface area contributed by atoms with Gasteiger partial charge in [-0.3, -0.25) is 0 Å². The summed E-state index contributed by atoms with van der Waals surface area (Å²) in [6.07, 6.45) is 0. The third-order valence-corrected chi connectivity index (χ3v) is 11.3. The lowest BCUT2D eigenvalue weighted by molar-refractivity contribution is 0.360. The van der Waals surface area contributed by atoms with Crippen molar-refractivity contribution in [1.29, 1.82) is 0 Å². The molecule has 0 unspecified atom stereocenters. The Morgan fingerprint density at radius 3 is 2.10 bits per heavy atom. The quantitative estimate of drug-likeness (QED) is 0.189. The summed E-state index contributed by atoms with van der Waals surface area (Å²) in [5.41, 5.74) is 10.2. The molecule has 4 heteroatoms. The molecule has 0 saturated carbocycles. The molecule has 7 aromatic carbocycles. The minimum Gasteiger partial charge on any atom is -0.449 e. The number of thiophene rings is 1. The number of benzene rings is 7. The third kappa shape index (κ3) is 4.27. The number of hydrogen-bond donors (Lipinski definition) is 0. The topological polar surface area (TPSA) is 21.7 Å². The van der Waals surface area contributed by atoms with Crippen LogP contribution in [0.15, 0.2) is 152 Å². The fraction of sp³-hybridized carbons (Fsp3) is 0.0667. The summed E-state index contributed by atoms with van der Waals surface area (Å²) in [6, 6.07) is 53.9. The van der Waals surface area contributed by atoms with Gasteiger partial charge >= 0.3 is 0 Å². The Balaban J connectivity index is 1.13. The van der Waals surface area contributed by atoms with Crippen LogP contribution in [0.1, 0.15) is 25.0 Å². The van der Waals surface area contributed by atoms with Crippen molar-refractivity contribution in [3.8, 4) is 45.3 Å². The molecule has 49 heavy (non-hydrogen) atoms. The fourth-order valence-corrected chi connectivity index (χ4v) is 8.84. The number of nitrogens with zero attached hydrogens (tertiary/aromatic N) is 1. The number of para-hydroxylation sites is 3. The molecular formula is C45H31NO2S. The zero-order valence-corrected chi connectivity index (χ0v) is 27.9. The Morgan fingerprint density at radius 1 is 0.490 bits per heavy atom. The van der Waals surface area contributed by atoms with Gasteiger partial charge in [-0.15, -0.1) is 11.3 Å². The minimum absolute atomic E-state index is 0.145. The molecule has 1 aliphatic heterocycles. The van der Waals surface area contributed by atoms with Crippen LogP contribution in [0.2, 0.25) is 0 Å². The van der Waals surface area contributed by atoms with Crippen LogP contribution >= 0.6 is 11.3 Å². The van der Waals surface area contributed by atoms with Crippen molar-refractivity contribution in [1.82, 2.24) is 0 Å². The van der Waals surface area contributed by atoms with Gasteiger partial charge in [0.05, 0.1) is 11.4 Å². The Kier molecular flexibility index (Phi) is 6.09. The van der Waals surface area contributed by atoms with E-state index in [1.165, 1.54) is 42.4 Å². The molecule has 8 aromatic rings. The summed E-state index contributed by atoms with van der Waals surface area (Å²) in [5, 5.41) is 2.57. The Morgan fingerprint density at radius 2 is 1.20 bits per heavy atom. The number of ether oxygens (including phenoxy) is 2. The maximum atomic E-state index is 6.93. The maximum absolute atomic E-state index is 6.93. The summed E-state index contributed by atoms with van der Waals surface area (Å²) in [4.78, 5) is 2.30. The Labute approximate surface area is 289 Å². The highest BCUT2D eigenvalue weighted by atomic mass is 32.1. The lowest BCUT2D eigenvalue weighted by Crippen LogP contribution is -2.16. The first-order chi connectivity index (χ1) is 24.0. The molecule has 10 rings (SSSR count). The average Bonchev–Trinajstić information content (AvgIpc) is 3.62. The van der Waals surface area contributed by atoms with Crippen molar-refractivity contribution in [3.05, 3.63) is 163 Å². The number of hydrogen-bond acceptors (Lipinski definition) is 4. The number of fused-ring (bicyclic) bond motifs is 8. The largest absolute Gasteiger partial charge is 0.449 e. The van der Waals surface area contributed by atoms with E-state index in [2.05, 4.69) is 164 Å². The summed E-state index contributed by atoms with van der Waals surface area (Å²) in [7, 11) is 0. The van der Waals surface area contributed by atoms with E-state index in [4.69, 9.17) is 9.47 Å². The van der Waals surface area contributed by atoms with Crippen molar-refractivity contribution in [3.63, 3.8) is 0 Å². The average molecular weight is 650 g/mol.